The van der Waals surface area contributed by atoms with Crippen molar-refractivity contribution in [1.82, 2.24) is 4.90 Å². The summed E-state index contributed by atoms with van der Waals surface area (Å²) in [6.45, 7) is 2.38. The lowest BCUT2D eigenvalue weighted by atomic mass is 10.1. The number of carbonyl (C=O) groups excluding carboxylic acids is 1. The van der Waals surface area contributed by atoms with Gasteiger partial charge >= 0.3 is 5.97 Å². The van der Waals surface area contributed by atoms with Crippen LogP contribution < -0.4 is 0 Å². The second-order valence-corrected chi connectivity index (χ2v) is 6.79. The monoisotopic (exact) mass is 319 g/mol. The molecule has 2 heterocycles. The molecule has 0 aromatic heterocycles. The van der Waals surface area contributed by atoms with Crippen LogP contribution in [0.4, 0.5) is 0 Å². The summed E-state index contributed by atoms with van der Waals surface area (Å²) in [5, 5.41) is 9.20. The van der Waals surface area contributed by atoms with Crippen molar-refractivity contribution in [2.75, 3.05) is 12.4 Å². The summed E-state index contributed by atoms with van der Waals surface area (Å²) in [7, 11) is 0. The number of hydrogen-bond donors (Lipinski definition) is 1. The number of hydrogen-bond acceptors (Lipinski definition) is 6. The maximum Gasteiger partial charge on any atom is 0.331 e. The smallest absolute Gasteiger partial charge is 0.331 e. The highest BCUT2D eigenvalue weighted by atomic mass is 32.2. The lowest BCUT2D eigenvalue weighted by Gasteiger charge is -2.35. The molecule has 0 saturated carbocycles. The van der Waals surface area contributed by atoms with E-state index >= 15 is 0 Å². The van der Waals surface area contributed by atoms with Crippen molar-refractivity contribution in [1.29, 1.82) is 0 Å². The fourth-order valence-electron chi connectivity index (χ4n) is 1.92. The Bertz CT molecular complexity index is 451. The number of rotatable bonds is 4. The number of carbonyl (C=O) groups is 2. The summed E-state index contributed by atoms with van der Waals surface area (Å²) >= 11 is 7.78. The zero-order chi connectivity index (χ0) is 14.0. The van der Waals surface area contributed by atoms with Gasteiger partial charge < -0.3 is 14.7 Å². The van der Waals surface area contributed by atoms with Crippen molar-refractivity contribution in [3.8, 4) is 0 Å². The predicted molar refractivity (Wildman–Crippen MR) is 79.0 cm³/mol. The van der Waals surface area contributed by atoms with Gasteiger partial charge in [0.1, 0.15) is 0 Å². The number of β-lactam (4-membered cyclic amide) rings is 1. The van der Waals surface area contributed by atoms with E-state index in [-0.39, 0.29) is 11.3 Å². The van der Waals surface area contributed by atoms with Crippen LogP contribution in [0.1, 0.15) is 13.3 Å². The summed E-state index contributed by atoms with van der Waals surface area (Å²) < 4.78 is 5.58. The van der Waals surface area contributed by atoms with Gasteiger partial charge in [0.2, 0.25) is 10.3 Å². The van der Waals surface area contributed by atoms with E-state index in [1.165, 1.54) is 28.4 Å². The summed E-state index contributed by atoms with van der Waals surface area (Å²) in [6, 6.07) is -0.822. The highest BCUT2D eigenvalue weighted by Crippen LogP contribution is 2.46. The molecule has 1 amide bonds. The second-order valence-electron chi connectivity index (χ2n) is 3.92. The molecular weight excluding hydrogens is 306 g/mol. The molecule has 0 aromatic rings. The Morgan fingerprint density at radius 2 is 2.47 bits per heavy atom. The Balaban J connectivity index is 1.97. The first-order valence-electron chi connectivity index (χ1n) is 5.74. The molecule has 8 heteroatoms. The maximum absolute atomic E-state index is 11.4. The third-order valence-corrected chi connectivity index (χ3v) is 5.24. The van der Waals surface area contributed by atoms with Crippen molar-refractivity contribution < 1.29 is 19.4 Å². The largest absolute Gasteiger partial charge is 0.479 e. The molecule has 0 aromatic carbocycles. The molecule has 19 heavy (non-hydrogen) atoms. The normalized spacial score (nSPS) is 27.1. The van der Waals surface area contributed by atoms with Crippen LogP contribution in [0.25, 0.3) is 0 Å². The minimum Gasteiger partial charge on any atom is -0.479 e. The molecule has 104 valence electrons. The Labute approximate surface area is 124 Å². The standard InChI is InChI=1S/C11H13NO4S3/c1-2-16-11(17)18-4-3-6-9(10(14)15)12-7(13)5-8(12)19-6/h3,8-9H,2,4-5H2,1H3,(H,14,15)/b6-3-. The maximum atomic E-state index is 11.4. The lowest BCUT2D eigenvalue weighted by molar-refractivity contribution is -0.154. The van der Waals surface area contributed by atoms with Gasteiger partial charge in [0.05, 0.1) is 18.4 Å². The van der Waals surface area contributed by atoms with Crippen molar-refractivity contribution in [2.24, 2.45) is 0 Å². The van der Waals surface area contributed by atoms with E-state index in [2.05, 4.69) is 0 Å². The second kappa shape index (κ2) is 6.15. The first-order chi connectivity index (χ1) is 9.04. The quantitative estimate of drug-likeness (QED) is 0.624. The average molecular weight is 319 g/mol. The van der Waals surface area contributed by atoms with Gasteiger partial charge in [-0.05, 0) is 19.1 Å². The molecule has 0 aliphatic carbocycles. The first kappa shape index (κ1) is 14.7. The molecule has 5 nitrogen and oxygen atoms in total. The first-order valence-corrected chi connectivity index (χ1v) is 8.02. The third-order valence-electron chi connectivity index (χ3n) is 2.75. The number of thioether (sulfide) groups is 2. The zero-order valence-corrected chi connectivity index (χ0v) is 12.6. The fraction of sp³-hybridized carbons (Fsp3) is 0.545. The molecule has 2 rings (SSSR count). The van der Waals surface area contributed by atoms with Gasteiger partial charge in [0, 0.05) is 10.7 Å². The molecule has 0 bridgehead atoms. The number of fused-ring (bicyclic) bond motifs is 1. The molecule has 2 fully saturated rings. The summed E-state index contributed by atoms with van der Waals surface area (Å²) in [5.74, 6) is -0.517. The highest BCUT2D eigenvalue weighted by molar-refractivity contribution is 8.22. The molecule has 0 spiro atoms. The molecule has 0 radical (unpaired) electrons. The number of aliphatic carboxylic acids is 1. The van der Waals surface area contributed by atoms with E-state index in [1.54, 1.807) is 0 Å². The number of ether oxygens (including phenoxy) is 1. The molecule has 1 N–H and O–H groups in total. The zero-order valence-electron chi connectivity index (χ0n) is 10.2. The van der Waals surface area contributed by atoms with E-state index in [1.807, 2.05) is 13.0 Å². The SMILES string of the molecule is CCOC(=S)SC/C=C1\SC2CC(=O)N2C1C(=O)O. The number of carboxylic acids is 1. The summed E-state index contributed by atoms with van der Waals surface area (Å²) in [5.41, 5.74) is 0. The van der Waals surface area contributed by atoms with E-state index < -0.39 is 12.0 Å². The summed E-state index contributed by atoms with van der Waals surface area (Å²) in [4.78, 5) is 24.8. The molecule has 2 unspecified atom stereocenters. The van der Waals surface area contributed by atoms with E-state index in [4.69, 9.17) is 17.0 Å². The highest BCUT2D eigenvalue weighted by Gasteiger charge is 2.52. The fourth-order valence-corrected chi connectivity index (χ4v) is 4.36. The Morgan fingerprint density at radius 3 is 3.05 bits per heavy atom. The number of carboxylic acid groups (broad SMARTS) is 1. The van der Waals surface area contributed by atoms with E-state index in [0.29, 0.717) is 23.2 Å². The Hall–Kier alpha value is -0.730. The van der Waals surface area contributed by atoms with Crippen LogP contribution in [0, 0.1) is 0 Å². The van der Waals surface area contributed by atoms with Crippen LogP contribution in [0.3, 0.4) is 0 Å². The minimum absolute atomic E-state index is 0.0105. The van der Waals surface area contributed by atoms with Crippen molar-refractivity contribution in [3.63, 3.8) is 0 Å². The van der Waals surface area contributed by atoms with Gasteiger partial charge in [-0.1, -0.05) is 17.8 Å². The Morgan fingerprint density at radius 1 is 1.74 bits per heavy atom. The predicted octanol–water partition coefficient (Wildman–Crippen LogP) is 1.68. The average Bonchev–Trinajstić information content (AvgIpc) is 2.62. The molecular formula is C11H13NO4S3. The van der Waals surface area contributed by atoms with Crippen molar-refractivity contribution in [2.45, 2.75) is 24.8 Å². The number of nitrogens with zero attached hydrogens (tertiary/aromatic N) is 1. The van der Waals surface area contributed by atoms with Crippen molar-refractivity contribution >= 4 is 52.0 Å². The van der Waals surface area contributed by atoms with Gasteiger partial charge in [-0.25, -0.2) is 4.79 Å². The molecule has 2 aliphatic rings. The van der Waals surface area contributed by atoms with E-state index in [0.717, 1.165) is 4.91 Å². The molecule has 2 aliphatic heterocycles. The van der Waals surface area contributed by atoms with Crippen LogP contribution in [0.15, 0.2) is 11.0 Å². The molecule has 2 saturated heterocycles. The van der Waals surface area contributed by atoms with Gasteiger partial charge in [-0.15, -0.1) is 11.8 Å². The van der Waals surface area contributed by atoms with Crippen LogP contribution in [-0.4, -0.2) is 50.0 Å². The lowest BCUT2D eigenvalue weighted by Crippen LogP contribution is -2.53. The molecule has 2 atom stereocenters. The van der Waals surface area contributed by atoms with Gasteiger partial charge in [0.15, 0.2) is 6.04 Å². The summed E-state index contributed by atoms with van der Waals surface area (Å²) in [6.07, 6.45) is 2.25. The van der Waals surface area contributed by atoms with Crippen LogP contribution >= 0.6 is 35.7 Å². The third kappa shape index (κ3) is 3.06. The topological polar surface area (TPSA) is 66.8 Å². The van der Waals surface area contributed by atoms with E-state index in [9.17, 15) is 14.7 Å². The Kier molecular flexibility index (Phi) is 4.75. The van der Waals surface area contributed by atoms with Crippen LogP contribution in [0.5, 0.6) is 0 Å². The number of amides is 1. The van der Waals surface area contributed by atoms with Gasteiger partial charge in [-0.2, -0.15) is 0 Å². The minimum atomic E-state index is -0.980. The van der Waals surface area contributed by atoms with Crippen molar-refractivity contribution in [3.05, 3.63) is 11.0 Å². The number of thiocarbonyl (C=S) groups is 1. The van der Waals surface area contributed by atoms with Gasteiger partial charge in [0.25, 0.3) is 0 Å². The van der Waals surface area contributed by atoms with Crippen LogP contribution in [0.2, 0.25) is 0 Å². The van der Waals surface area contributed by atoms with Gasteiger partial charge in [-0.3, -0.25) is 4.79 Å². The van der Waals surface area contributed by atoms with Crippen LogP contribution in [-0.2, 0) is 14.3 Å².